The number of aromatic nitrogens is 3. The van der Waals surface area contributed by atoms with E-state index in [1.165, 1.54) is 0 Å². The van der Waals surface area contributed by atoms with Gasteiger partial charge in [0.05, 0.1) is 0 Å². The van der Waals surface area contributed by atoms with Crippen molar-refractivity contribution in [3.8, 4) is 5.69 Å². The van der Waals surface area contributed by atoms with Crippen LogP contribution in [0.25, 0.3) is 5.69 Å². The van der Waals surface area contributed by atoms with Gasteiger partial charge in [0, 0.05) is 5.69 Å². The molecular formula is C10H4F7N3. The number of nitrogens with zero attached hydrogens (tertiary/aromatic N) is 3. The average Bonchev–Trinajstić information content (AvgIpc) is 2.73. The number of hydrogen-bond acceptors (Lipinski definition) is 2. The van der Waals surface area contributed by atoms with E-state index in [0.29, 0.717) is 0 Å². The highest BCUT2D eigenvalue weighted by molar-refractivity contribution is 5.35. The zero-order valence-electron chi connectivity index (χ0n) is 9.30. The summed E-state index contributed by atoms with van der Waals surface area (Å²) >= 11 is 0. The van der Waals surface area contributed by atoms with Gasteiger partial charge in [0.1, 0.15) is 5.82 Å². The molecule has 0 saturated heterocycles. The van der Waals surface area contributed by atoms with Crippen molar-refractivity contribution in [3.05, 3.63) is 41.7 Å². The number of hydrogen-bond donors (Lipinski definition) is 0. The van der Waals surface area contributed by atoms with Crippen LogP contribution in [0.4, 0.5) is 30.7 Å². The van der Waals surface area contributed by atoms with Crippen molar-refractivity contribution in [3.63, 3.8) is 0 Å². The number of benzene rings is 1. The van der Waals surface area contributed by atoms with Crippen molar-refractivity contribution in [2.75, 3.05) is 0 Å². The Bertz CT molecular complexity index is 578. The Kier molecular flexibility index (Phi) is 3.18. The molecule has 0 N–H and O–H groups in total. The highest BCUT2D eigenvalue weighted by Crippen LogP contribution is 2.35. The molecule has 0 spiro atoms. The molecule has 0 saturated carbocycles. The molecule has 1 aromatic heterocycles. The summed E-state index contributed by atoms with van der Waals surface area (Å²) < 4.78 is 88.4. The first kappa shape index (κ1) is 14.3. The second kappa shape index (κ2) is 4.46. The fourth-order valence-corrected chi connectivity index (χ4v) is 1.49. The molecule has 10 heteroatoms. The van der Waals surface area contributed by atoms with Crippen molar-refractivity contribution < 1.29 is 30.7 Å². The molecule has 2 rings (SSSR count). The van der Waals surface area contributed by atoms with Crippen LogP contribution in [0.3, 0.4) is 0 Å². The van der Waals surface area contributed by atoms with E-state index in [1.54, 1.807) is 0 Å². The molecule has 20 heavy (non-hydrogen) atoms. The summed E-state index contributed by atoms with van der Waals surface area (Å²) in [6.07, 6.45) is -10.3. The number of rotatable bonds is 1. The molecule has 3 nitrogen and oxygen atoms in total. The lowest BCUT2D eigenvalue weighted by Crippen LogP contribution is -2.19. The summed E-state index contributed by atoms with van der Waals surface area (Å²) in [5.74, 6) is -4.48. The van der Waals surface area contributed by atoms with E-state index >= 15 is 0 Å². The third-order valence-corrected chi connectivity index (χ3v) is 2.25. The quantitative estimate of drug-likeness (QED) is 0.755. The first-order chi connectivity index (χ1) is 9.10. The van der Waals surface area contributed by atoms with Gasteiger partial charge in [-0.3, -0.25) is 4.57 Å². The van der Waals surface area contributed by atoms with E-state index in [2.05, 4.69) is 10.2 Å². The largest absolute Gasteiger partial charge is 0.452 e. The van der Waals surface area contributed by atoms with Crippen molar-refractivity contribution in [1.29, 1.82) is 0 Å². The molecule has 0 amide bonds. The second-order valence-electron chi connectivity index (χ2n) is 3.65. The maximum Gasteiger partial charge on any atom is 0.452 e. The normalized spacial score (nSPS) is 12.8. The van der Waals surface area contributed by atoms with Gasteiger partial charge in [0.25, 0.3) is 0 Å². The summed E-state index contributed by atoms with van der Waals surface area (Å²) in [6, 6.07) is 3.00. The number of alkyl halides is 6. The van der Waals surface area contributed by atoms with Gasteiger partial charge in [-0.1, -0.05) is 0 Å². The Morgan fingerprint density at radius 1 is 0.750 bits per heavy atom. The maximum atomic E-state index is 12.7. The fourth-order valence-electron chi connectivity index (χ4n) is 1.49. The molecular weight excluding hydrogens is 295 g/mol. The fraction of sp³-hybridized carbons (Fsp3) is 0.200. The van der Waals surface area contributed by atoms with Crippen LogP contribution in [0, 0.1) is 5.82 Å². The van der Waals surface area contributed by atoms with Gasteiger partial charge >= 0.3 is 12.4 Å². The number of halogens is 7. The van der Waals surface area contributed by atoms with Gasteiger partial charge in [-0.15, -0.1) is 10.2 Å². The molecule has 0 fully saturated rings. The molecule has 0 aliphatic heterocycles. The minimum Gasteiger partial charge on any atom is -0.268 e. The van der Waals surface area contributed by atoms with Crippen molar-refractivity contribution in [2.45, 2.75) is 12.4 Å². The Morgan fingerprint density at radius 2 is 1.15 bits per heavy atom. The maximum absolute atomic E-state index is 12.7. The Balaban J connectivity index is 2.70. The van der Waals surface area contributed by atoms with Gasteiger partial charge in [-0.2, -0.15) is 26.3 Å². The lowest BCUT2D eigenvalue weighted by Gasteiger charge is -2.13. The van der Waals surface area contributed by atoms with Gasteiger partial charge < -0.3 is 0 Å². The van der Waals surface area contributed by atoms with Crippen LogP contribution in [-0.2, 0) is 12.4 Å². The zero-order chi connectivity index (χ0) is 15.1. The molecule has 2 aromatic rings. The second-order valence-corrected chi connectivity index (χ2v) is 3.65. The van der Waals surface area contributed by atoms with E-state index in [0.717, 1.165) is 24.3 Å². The van der Waals surface area contributed by atoms with E-state index in [-0.39, 0.29) is 4.57 Å². The van der Waals surface area contributed by atoms with Crippen molar-refractivity contribution >= 4 is 0 Å². The summed E-state index contributed by atoms with van der Waals surface area (Å²) in [4.78, 5) is 0. The minimum atomic E-state index is -5.13. The SMILES string of the molecule is Fc1ccc(-n2c(C(F)(F)F)nnc2C(F)(F)F)cc1. The zero-order valence-corrected chi connectivity index (χ0v) is 9.30. The standard InChI is InChI=1S/C10H4F7N3/c11-5-1-3-6(4-2-5)20-7(9(12,13)14)18-19-8(20)10(15,16)17/h1-4H. The van der Waals surface area contributed by atoms with E-state index in [4.69, 9.17) is 0 Å². The Morgan fingerprint density at radius 3 is 1.50 bits per heavy atom. The smallest absolute Gasteiger partial charge is 0.268 e. The van der Waals surface area contributed by atoms with Crippen LogP contribution in [0.1, 0.15) is 11.6 Å². The summed E-state index contributed by atoms with van der Waals surface area (Å²) in [6.45, 7) is 0. The van der Waals surface area contributed by atoms with Gasteiger partial charge in [0.15, 0.2) is 0 Å². The first-order valence-electron chi connectivity index (χ1n) is 4.96. The molecule has 0 aliphatic carbocycles. The van der Waals surface area contributed by atoms with Crippen molar-refractivity contribution in [1.82, 2.24) is 14.8 Å². The van der Waals surface area contributed by atoms with Gasteiger partial charge in [-0.05, 0) is 24.3 Å². The molecule has 0 unspecified atom stereocenters. The summed E-state index contributed by atoms with van der Waals surface area (Å²) in [7, 11) is 0. The molecule has 0 atom stereocenters. The lowest BCUT2D eigenvalue weighted by molar-refractivity contribution is -0.153. The van der Waals surface area contributed by atoms with Gasteiger partial charge in [-0.25, -0.2) is 4.39 Å². The predicted octanol–water partition coefficient (Wildman–Crippen LogP) is 3.44. The molecule has 1 heterocycles. The van der Waals surface area contributed by atoms with E-state index in [9.17, 15) is 30.7 Å². The highest BCUT2D eigenvalue weighted by atomic mass is 19.4. The summed E-state index contributed by atoms with van der Waals surface area (Å²) in [5, 5.41) is 5.05. The van der Waals surface area contributed by atoms with Crippen LogP contribution >= 0.6 is 0 Å². The average molecular weight is 299 g/mol. The third kappa shape index (κ3) is 2.58. The Hall–Kier alpha value is -2.13. The lowest BCUT2D eigenvalue weighted by atomic mass is 10.3. The monoisotopic (exact) mass is 299 g/mol. The van der Waals surface area contributed by atoms with E-state index in [1.807, 2.05) is 0 Å². The van der Waals surface area contributed by atoms with Crippen LogP contribution in [0.5, 0.6) is 0 Å². The van der Waals surface area contributed by atoms with Crippen LogP contribution < -0.4 is 0 Å². The highest BCUT2D eigenvalue weighted by Gasteiger charge is 2.45. The van der Waals surface area contributed by atoms with Crippen LogP contribution in [0.15, 0.2) is 24.3 Å². The molecule has 0 aliphatic rings. The summed E-state index contributed by atoms with van der Waals surface area (Å²) in [5.41, 5.74) is -0.545. The molecule has 1 aromatic carbocycles. The Labute approximate surface area is 106 Å². The van der Waals surface area contributed by atoms with Gasteiger partial charge in [0.2, 0.25) is 11.6 Å². The van der Waals surface area contributed by atoms with Crippen LogP contribution in [0.2, 0.25) is 0 Å². The molecule has 0 bridgehead atoms. The molecule has 0 radical (unpaired) electrons. The topological polar surface area (TPSA) is 30.7 Å². The van der Waals surface area contributed by atoms with E-state index < -0.39 is 35.5 Å². The van der Waals surface area contributed by atoms with Crippen molar-refractivity contribution in [2.24, 2.45) is 0 Å². The molecule has 108 valence electrons. The predicted molar refractivity (Wildman–Crippen MR) is 51.3 cm³/mol. The minimum absolute atomic E-state index is 0.209. The van der Waals surface area contributed by atoms with Crippen LogP contribution in [-0.4, -0.2) is 14.8 Å². The third-order valence-electron chi connectivity index (χ3n) is 2.25. The first-order valence-corrected chi connectivity index (χ1v) is 4.96.